The van der Waals surface area contributed by atoms with Crippen LogP contribution in [0.2, 0.25) is 0 Å². The molecule has 3 rings (SSSR count). The molecule has 0 saturated heterocycles. The maximum Gasteiger partial charge on any atom is 0.416 e. The van der Waals surface area contributed by atoms with E-state index in [2.05, 4.69) is 4.98 Å². The standard InChI is InChI=1S/C14H14F3N3O/c1-7(18)12-13-8(2)21-11-5-9(14(15,16)17)3-4-10(11)20(13)6-19-12/h3-8H,18H2,1-2H3/t7-,8?/m0/s1. The Morgan fingerprint density at radius 2 is 2.10 bits per heavy atom. The highest BCUT2D eigenvalue weighted by molar-refractivity contribution is 5.53. The van der Waals surface area contributed by atoms with Crippen molar-refractivity contribution in [2.75, 3.05) is 0 Å². The lowest BCUT2D eigenvalue weighted by atomic mass is 10.1. The van der Waals surface area contributed by atoms with Crippen LogP contribution in [-0.2, 0) is 6.18 Å². The quantitative estimate of drug-likeness (QED) is 0.878. The number of aromatic nitrogens is 2. The van der Waals surface area contributed by atoms with Gasteiger partial charge in [0, 0.05) is 6.04 Å². The van der Waals surface area contributed by atoms with Gasteiger partial charge >= 0.3 is 6.18 Å². The summed E-state index contributed by atoms with van der Waals surface area (Å²) in [5.74, 6) is 0.193. The summed E-state index contributed by atoms with van der Waals surface area (Å²) in [5.41, 5.74) is 7.13. The summed E-state index contributed by atoms with van der Waals surface area (Å²) in [7, 11) is 0. The summed E-state index contributed by atoms with van der Waals surface area (Å²) < 4.78 is 45.7. The number of benzene rings is 1. The minimum Gasteiger partial charge on any atom is -0.482 e. The average molecular weight is 297 g/mol. The van der Waals surface area contributed by atoms with Gasteiger partial charge in [-0.2, -0.15) is 13.2 Å². The molecule has 0 amide bonds. The monoisotopic (exact) mass is 297 g/mol. The Balaban J connectivity index is 2.15. The molecule has 1 aliphatic rings. The molecule has 112 valence electrons. The van der Waals surface area contributed by atoms with Crippen molar-refractivity contribution in [3.8, 4) is 11.4 Å². The predicted octanol–water partition coefficient (Wildman–Crippen LogP) is 3.36. The molecule has 0 saturated carbocycles. The molecule has 21 heavy (non-hydrogen) atoms. The van der Waals surface area contributed by atoms with Gasteiger partial charge in [-0.1, -0.05) is 0 Å². The maximum absolute atomic E-state index is 12.8. The van der Waals surface area contributed by atoms with Crippen molar-refractivity contribution >= 4 is 0 Å². The number of rotatable bonds is 1. The fourth-order valence-corrected chi connectivity index (χ4v) is 2.55. The van der Waals surface area contributed by atoms with Gasteiger partial charge in [0.25, 0.3) is 0 Å². The summed E-state index contributed by atoms with van der Waals surface area (Å²) in [5, 5.41) is 0. The zero-order valence-electron chi connectivity index (χ0n) is 11.5. The van der Waals surface area contributed by atoms with E-state index in [9.17, 15) is 13.2 Å². The zero-order valence-corrected chi connectivity index (χ0v) is 11.5. The molecule has 0 fully saturated rings. The van der Waals surface area contributed by atoms with E-state index < -0.39 is 17.8 Å². The largest absolute Gasteiger partial charge is 0.482 e. The highest BCUT2D eigenvalue weighted by Crippen LogP contribution is 2.41. The topological polar surface area (TPSA) is 53.1 Å². The van der Waals surface area contributed by atoms with E-state index in [0.717, 1.165) is 17.8 Å². The summed E-state index contributed by atoms with van der Waals surface area (Å²) >= 11 is 0. The van der Waals surface area contributed by atoms with Gasteiger partial charge in [-0.15, -0.1) is 0 Å². The molecule has 1 aromatic heterocycles. The summed E-state index contributed by atoms with van der Waals surface area (Å²) in [6.07, 6.45) is -3.24. The van der Waals surface area contributed by atoms with E-state index in [0.29, 0.717) is 11.4 Å². The van der Waals surface area contributed by atoms with Crippen LogP contribution < -0.4 is 10.5 Å². The Hall–Kier alpha value is -2.02. The molecule has 2 heterocycles. The number of hydrogen-bond donors (Lipinski definition) is 1. The number of imidazole rings is 1. The van der Waals surface area contributed by atoms with Crippen molar-refractivity contribution < 1.29 is 17.9 Å². The third-order valence-corrected chi connectivity index (χ3v) is 3.50. The van der Waals surface area contributed by atoms with Gasteiger partial charge in [-0.3, -0.25) is 4.57 Å². The lowest BCUT2D eigenvalue weighted by Crippen LogP contribution is -2.20. The first kappa shape index (κ1) is 13.9. The van der Waals surface area contributed by atoms with E-state index in [1.54, 1.807) is 24.7 Å². The molecule has 1 unspecified atom stereocenters. The van der Waals surface area contributed by atoms with Crippen LogP contribution in [0.3, 0.4) is 0 Å². The van der Waals surface area contributed by atoms with Gasteiger partial charge in [0.15, 0.2) is 0 Å². The zero-order chi connectivity index (χ0) is 15.4. The lowest BCUT2D eigenvalue weighted by Gasteiger charge is -2.27. The van der Waals surface area contributed by atoms with E-state index in [1.807, 2.05) is 0 Å². The molecule has 2 N–H and O–H groups in total. The Morgan fingerprint density at radius 1 is 1.38 bits per heavy atom. The fourth-order valence-electron chi connectivity index (χ4n) is 2.55. The smallest absolute Gasteiger partial charge is 0.416 e. The van der Waals surface area contributed by atoms with Gasteiger partial charge in [0.05, 0.1) is 22.6 Å². The number of ether oxygens (including phenoxy) is 1. The van der Waals surface area contributed by atoms with Crippen molar-refractivity contribution in [3.63, 3.8) is 0 Å². The van der Waals surface area contributed by atoms with Gasteiger partial charge in [0.2, 0.25) is 0 Å². The minimum atomic E-state index is -4.40. The SMILES string of the molecule is CC1Oc2cc(C(F)(F)F)ccc2-n2cnc([C@H](C)N)c21. The average Bonchev–Trinajstić information content (AvgIpc) is 2.82. The summed E-state index contributed by atoms with van der Waals surface area (Å²) in [6, 6.07) is 3.16. The molecular weight excluding hydrogens is 283 g/mol. The molecule has 4 nitrogen and oxygen atoms in total. The van der Waals surface area contributed by atoms with Crippen LogP contribution in [0.4, 0.5) is 13.2 Å². The summed E-state index contributed by atoms with van der Waals surface area (Å²) in [4.78, 5) is 4.25. The van der Waals surface area contributed by atoms with Crippen molar-refractivity contribution in [2.45, 2.75) is 32.2 Å². The molecule has 2 aromatic rings. The van der Waals surface area contributed by atoms with Gasteiger partial charge < -0.3 is 10.5 Å². The van der Waals surface area contributed by atoms with E-state index >= 15 is 0 Å². The fraction of sp³-hybridized carbons (Fsp3) is 0.357. The number of alkyl halides is 3. The van der Waals surface area contributed by atoms with Gasteiger partial charge in [-0.05, 0) is 32.0 Å². The Kier molecular flexibility index (Phi) is 2.98. The first-order chi connectivity index (χ1) is 9.79. The first-order valence-electron chi connectivity index (χ1n) is 6.50. The number of halogens is 3. The van der Waals surface area contributed by atoms with Crippen LogP contribution in [0.5, 0.6) is 5.75 Å². The van der Waals surface area contributed by atoms with Crippen LogP contribution >= 0.6 is 0 Å². The third-order valence-electron chi connectivity index (χ3n) is 3.50. The van der Waals surface area contributed by atoms with Crippen molar-refractivity contribution in [1.29, 1.82) is 0 Å². The van der Waals surface area contributed by atoms with E-state index in [1.165, 1.54) is 6.07 Å². The molecule has 0 bridgehead atoms. The molecule has 7 heteroatoms. The van der Waals surface area contributed by atoms with E-state index in [-0.39, 0.29) is 11.8 Å². The molecule has 0 radical (unpaired) electrons. The van der Waals surface area contributed by atoms with Crippen LogP contribution in [0.15, 0.2) is 24.5 Å². The molecule has 2 atom stereocenters. The number of fused-ring (bicyclic) bond motifs is 3. The molecular formula is C14H14F3N3O. The highest BCUT2D eigenvalue weighted by atomic mass is 19.4. The second kappa shape index (κ2) is 4.49. The Labute approximate surface area is 119 Å². The predicted molar refractivity (Wildman–Crippen MR) is 70.2 cm³/mol. The van der Waals surface area contributed by atoms with Gasteiger partial charge in [0.1, 0.15) is 18.2 Å². The number of nitrogens with zero attached hydrogens (tertiary/aromatic N) is 2. The number of nitrogens with two attached hydrogens (primary N) is 1. The summed E-state index contributed by atoms with van der Waals surface area (Å²) in [6.45, 7) is 3.57. The van der Waals surface area contributed by atoms with Crippen LogP contribution in [0, 0.1) is 0 Å². The second-order valence-corrected chi connectivity index (χ2v) is 5.11. The van der Waals surface area contributed by atoms with Crippen LogP contribution in [0.1, 0.15) is 42.9 Å². The lowest BCUT2D eigenvalue weighted by molar-refractivity contribution is -0.137. The van der Waals surface area contributed by atoms with Crippen molar-refractivity contribution in [3.05, 3.63) is 41.5 Å². The van der Waals surface area contributed by atoms with Crippen molar-refractivity contribution in [1.82, 2.24) is 9.55 Å². The minimum absolute atomic E-state index is 0.193. The second-order valence-electron chi connectivity index (χ2n) is 5.11. The van der Waals surface area contributed by atoms with Crippen LogP contribution in [0.25, 0.3) is 5.69 Å². The van der Waals surface area contributed by atoms with E-state index in [4.69, 9.17) is 10.5 Å². The first-order valence-corrected chi connectivity index (χ1v) is 6.50. The molecule has 1 aliphatic heterocycles. The maximum atomic E-state index is 12.8. The normalized spacial score (nSPS) is 18.7. The third kappa shape index (κ3) is 2.17. The van der Waals surface area contributed by atoms with Crippen molar-refractivity contribution in [2.24, 2.45) is 5.73 Å². The van der Waals surface area contributed by atoms with Gasteiger partial charge in [-0.25, -0.2) is 4.98 Å². The Bertz CT molecular complexity index is 691. The molecule has 0 aliphatic carbocycles. The Morgan fingerprint density at radius 3 is 2.71 bits per heavy atom. The number of hydrogen-bond acceptors (Lipinski definition) is 3. The van der Waals surface area contributed by atoms with Crippen LogP contribution in [-0.4, -0.2) is 9.55 Å². The highest BCUT2D eigenvalue weighted by Gasteiger charge is 2.34. The molecule has 0 spiro atoms. The molecule has 1 aromatic carbocycles.